The summed E-state index contributed by atoms with van der Waals surface area (Å²) in [5.74, 6) is 0.764. The highest BCUT2D eigenvalue weighted by Crippen LogP contribution is 2.35. The predicted octanol–water partition coefficient (Wildman–Crippen LogP) is 7.00. The summed E-state index contributed by atoms with van der Waals surface area (Å²) in [5.41, 5.74) is 7.86. The minimum atomic E-state index is -0.000410. The molecule has 2 unspecified atom stereocenters. The van der Waals surface area contributed by atoms with Crippen molar-refractivity contribution in [2.75, 3.05) is 6.54 Å². The molecule has 1 aromatic carbocycles. The molecule has 0 bridgehead atoms. The Bertz CT molecular complexity index is 818. The third-order valence-electron chi connectivity index (χ3n) is 5.68. The Kier molecular flexibility index (Phi) is 14.3. The second-order valence-electron chi connectivity index (χ2n) is 8.26. The van der Waals surface area contributed by atoms with Crippen molar-refractivity contribution in [2.45, 2.75) is 79.2 Å². The molecule has 4 nitrogen and oxygen atoms in total. The van der Waals surface area contributed by atoms with Crippen molar-refractivity contribution in [1.82, 2.24) is 10.7 Å². The fourth-order valence-corrected chi connectivity index (χ4v) is 3.73. The molecule has 0 spiro atoms. The summed E-state index contributed by atoms with van der Waals surface area (Å²) in [4.78, 5) is 13.1. The quantitative estimate of drug-likeness (QED) is 0.120. The van der Waals surface area contributed by atoms with Crippen LogP contribution in [-0.2, 0) is 0 Å². The molecule has 0 aliphatic heterocycles. The lowest BCUT2D eigenvalue weighted by molar-refractivity contribution is 0.0953. The van der Waals surface area contributed by atoms with E-state index >= 15 is 0 Å². The third-order valence-corrected chi connectivity index (χ3v) is 6.01. The molecule has 2 N–H and O–H groups in total. The molecule has 2 atom stereocenters. The van der Waals surface area contributed by atoms with Crippen LogP contribution in [0.3, 0.4) is 0 Å². The lowest BCUT2D eigenvalue weighted by atomic mass is 9.98. The number of nitrogens with zero attached hydrogens (tertiary/aromatic N) is 1. The smallest absolute Gasteiger partial charge is 0.251 e. The van der Waals surface area contributed by atoms with E-state index in [1.807, 2.05) is 45.0 Å². The fraction of sp³-hybridized carbons (Fsp3) is 0.500. The number of aryl methyl sites for hydroxylation is 1. The van der Waals surface area contributed by atoms with Gasteiger partial charge in [-0.3, -0.25) is 4.79 Å². The van der Waals surface area contributed by atoms with E-state index in [4.69, 9.17) is 0 Å². The topological polar surface area (TPSA) is 53.5 Å². The van der Waals surface area contributed by atoms with E-state index in [0.717, 1.165) is 34.8 Å². The average molecular weight is 470 g/mol. The Balaban J connectivity index is 0.000000412. The molecule has 0 saturated heterocycles. The number of benzene rings is 1. The first-order valence-electron chi connectivity index (χ1n) is 12.3. The zero-order valence-electron chi connectivity index (χ0n) is 21.2. The van der Waals surface area contributed by atoms with E-state index in [-0.39, 0.29) is 11.9 Å². The van der Waals surface area contributed by atoms with Crippen LogP contribution in [0.4, 0.5) is 0 Å². The number of thiol groups is 1. The highest BCUT2D eigenvalue weighted by molar-refractivity contribution is 7.84. The summed E-state index contributed by atoms with van der Waals surface area (Å²) in [6.07, 6.45) is 13.3. The largest absolute Gasteiger partial charge is 0.352 e. The first-order chi connectivity index (χ1) is 15.9. The summed E-state index contributed by atoms with van der Waals surface area (Å²) < 4.78 is 0. The number of hydrazone groups is 1. The Morgan fingerprint density at radius 1 is 1.24 bits per heavy atom. The maximum Gasteiger partial charge on any atom is 0.251 e. The first kappa shape index (κ1) is 28.8. The number of hydrogen-bond donors (Lipinski definition) is 3. The Hall–Kier alpha value is -2.27. The van der Waals surface area contributed by atoms with Crippen LogP contribution in [0.15, 0.2) is 63.6 Å². The van der Waals surface area contributed by atoms with Gasteiger partial charge in [-0.1, -0.05) is 62.3 Å². The molecule has 2 aliphatic rings. The van der Waals surface area contributed by atoms with Gasteiger partial charge in [0, 0.05) is 18.8 Å². The standard InChI is InChI=1S/C18H25N3O.C8H12S.C2H6/c1-13-6-8-16(9-7-13)18(22)20-12-4-5-17(15-10-11-15)14(2)21-19-3;1-2-7-3-5-8(9)6-4-7;1-2/h6-9,14,21H,3-5,10-12H2,1-2H3,(H,20,22);3,5-7,9H,2,4H2,1H3;1-2H3. The fourth-order valence-electron chi connectivity index (χ4n) is 3.54. The number of rotatable bonds is 9. The molecule has 3 rings (SSSR count). The van der Waals surface area contributed by atoms with Gasteiger partial charge in [0.1, 0.15) is 0 Å². The van der Waals surface area contributed by atoms with Gasteiger partial charge in [-0.2, -0.15) is 5.10 Å². The van der Waals surface area contributed by atoms with E-state index in [1.54, 1.807) is 0 Å². The van der Waals surface area contributed by atoms with E-state index in [1.165, 1.54) is 36.8 Å². The minimum absolute atomic E-state index is 0.000410. The molecule has 2 aliphatic carbocycles. The van der Waals surface area contributed by atoms with Crippen LogP contribution in [0.2, 0.25) is 0 Å². The number of nitrogens with one attached hydrogen (secondary N) is 2. The van der Waals surface area contributed by atoms with E-state index in [9.17, 15) is 4.79 Å². The van der Waals surface area contributed by atoms with Gasteiger partial charge in [0.15, 0.2) is 0 Å². The Morgan fingerprint density at radius 2 is 1.91 bits per heavy atom. The first-order valence-corrected chi connectivity index (χ1v) is 12.7. The number of hydrogen-bond acceptors (Lipinski definition) is 4. The molecule has 0 heterocycles. The number of carbonyl (C=O) groups is 1. The molecule has 1 aromatic rings. The molecule has 5 heteroatoms. The van der Waals surface area contributed by atoms with Crippen molar-refractivity contribution in [3.63, 3.8) is 0 Å². The lowest BCUT2D eigenvalue weighted by Gasteiger charge is -2.16. The van der Waals surface area contributed by atoms with Crippen molar-refractivity contribution in [1.29, 1.82) is 0 Å². The van der Waals surface area contributed by atoms with Crippen LogP contribution in [0.5, 0.6) is 0 Å². The molecule has 1 fully saturated rings. The van der Waals surface area contributed by atoms with Gasteiger partial charge < -0.3 is 10.7 Å². The van der Waals surface area contributed by atoms with Crippen LogP contribution >= 0.6 is 12.6 Å². The normalized spacial score (nSPS) is 16.7. The SMILES string of the molecule is C=NNC(C)C(CCCNC(=O)c1ccc(C)cc1)=C1CC1.CC.CCC1C=CC(S)=CC1. The van der Waals surface area contributed by atoms with Gasteiger partial charge in [0.25, 0.3) is 5.91 Å². The molecule has 33 heavy (non-hydrogen) atoms. The zero-order valence-corrected chi connectivity index (χ0v) is 22.1. The summed E-state index contributed by atoms with van der Waals surface area (Å²) >= 11 is 4.22. The molecule has 0 radical (unpaired) electrons. The molecule has 1 amide bonds. The maximum atomic E-state index is 12.0. The van der Waals surface area contributed by atoms with Crippen LogP contribution in [0, 0.1) is 12.8 Å². The molecule has 1 saturated carbocycles. The number of amides is 1. The monoisotopic (exact) mass is 469 g/mol. The van der Waals surface area contributed by atoms with Crippen molar-refractivity contribution < 1.29 is 4.79 Å². The summed E-state index contributed by atoms with van der Waals surface area (Å²) in [6, 6.07) is 7.89. The summed E-state index contributed by atoms with van der Waals surface area (Å²) in [7, 11) is 0. The van der Waals surface area contributed by atoms with E-state index in [0.29, 0.717) is 6.54 Å². The number of carbonyl (C=O) groups excluding carboxylic acids is 1. The average Bonchev–Trinajstić information content (AvgIpc) is 3.67. The minimum Gasteiger partial charge on any atom is -0.352 e. The highest BCUT2D eigenvalue weighted by atomic mass is 32.1. The Labute approximate surface area is 207 Å². The summed E-state index contributed by atoms with van der Waals surface area (Å²) in [5, 5.41) is 6.75. The summed E-state index contributed by atoms with van der Waals surface area (Å²) in [6.45, 7) is 14.5. The molecular formula is C28H43N3OS. The van der Waals surface area contributed by atoms with Crippen LogP contribution in [0.25, 0.3) is 0 Å². The third kappa shape index (κ3) is 11.4. The Morgan fingerprint density at radius 3 is 2.42 bits per heavy atom. The van der Waals surface area contributed by atoms with E-state index in [2.05, 4.69) is 67.3 Å². The van der Waals surface area contributed by atoms with Crippen LogP contribution in [-0.4, -0.2) is 25.2 Å². The molecule has 182 valence electrons. The van der Waals surface area contributed by atoms with Gasteiger partial charge in [-0.25, -0.2) is 0 Å². The zero-order chi connectivity index (χ0) is 24.6. The van der Waals surface area contributed by atoms with Crippen molar-refractivity contribution in [3.05, 3.63) is 69.7 Å². The van der Waals surface area contributed by atoms with Gasteiger partial charge in [-0.05, 0) is 80.9 Å². The maximum absolute atomic E-state index is 12.0. The predicted molar refractivity (Wildman–Crippen MR) is 147 cm³/mol. The van der Waals surface area contributed by atoms with Gasteiger partial charge in [0.2, 0.25) is 0 Å². The second-order valence-corrected chi connectivity index (χ2v) is 8.77. The van der Waals surface area contributed by atoms with Crippen molar-refractivity contribution in [2.24, 2.45) is 11.0 Å². The lowest BCUT2D eigenvalue weighted by Crippen LogP contribution is -2.26. The van der Waals surface area contributed by atoms with Crippen molar-refractivity contribution >= 4 is 25.3 Å². The van der Waals surface area contributed by atoms with Gasteiger partial charge in [-0.15, -0.1) is 12.6 Å². The number of allylic oxidation sites excluding steroid dienone is 4. The van der Waals surface area contributed by atoms with Gasteiger partial charge >= 0.3 is 0 Å². The molecular weight excluding hydrogens is 426 g/mol. The van der Waals surface area contributed by atoms with Gasteiger partial charge in [0.05, 0.1) is 6.04 Å². The highest BCUT2D eigenvalue weighted by Gasteiger charge is 2.21. The second kappa shape index (κ2) is 16.4. The van der Waals surface area contributed by atoms with Crippen LogP contribution < -0.4 is 10.7 Å². The molecule has 0 aromatic heterocycles. The van der Waals surface area contributed by atoms with Crippen molar-refractivity contribution in [3.8, 4) is 0 Å². The van der Waals surface area contributed by atoms with E-state index < -0.39 is 0 Å². The van der Waals surface area contributed by atoms with Crippen LogP contribution in [0.1, 0.15) is 82.1 Å².